The zero-order valence-electron chi connectivity index (χ0n) is 39.6. The Kier molecular flexibility index (Phi) is 7.56. The van der Waals surface area contributed by atoms with Crippen molar-refractivity contribution < 1.29 is 0 Å². The zero-order valence-corrected chi connectivity index (χ0v) is 39.6. The van der Waals surface area contributed by atoms with Gasteiger partial charge in [0.1, 0.15) is 5.52 Å². The molecule has 0 amide bonds. The Bertz CT molecular complexity index is 4450. The zero-order chi connectivity index (χ0) is 46.2. The summed E-state index contributed by atoms with van der Waals surface area (Å²) < 4.78 is 2.60. The third-order valence-electron chi connectivity index (χ3n) is 15.8. The van der Waals surface area contributed by atoms with Crippen molar-refractivity contribution in [3.8, 4) is 5.69 Å². The van der Waals surface area contributed by atoms with Crippen LogP contribution >= 0.6 is 0 Å². The Morgan fingerprint density at radius 3 is 1.57 bits per heavy atom. The first-order chi connectivity index (χ1) is 33.5. The van der Waals surface area contributed by atoms with Gasteiger partial charge in [0.05, 0.1) is 33.3 Å². The van der Waals surface area contributed by atoms with Gasteiger partial charge in [0.15, 0.2) is 0 Å². The minimum atomic E-state index is -0.110. The van der Waals surface area contributed by atoms with Crippen LogP contribution in [0.5, 0.6) is 0 Å². The summed E-state index contributed by atoms with van der Waals surface area (Å²) in [5.74, 6) is 0. The van der Waals surface area contributed by atoms with Crippen LogP contribution in [0.15, 0.2) is 176 Å². The van der Waals surface area contributed by atoms with Crippen LogP contribution in [-0.4, -0.2) is 21.2 Å². The van der Waals surface area contributed by atoms with Gasteiger partial charge in [-0.25, -0.2) is 9.97 Å². The number of benzene rings is 11. The van der Waals surface area contributed by atoms with Crippen molar-refractivity contribution in [2.24, 2.45) is 0 Å². The van der Waals surface area contributed by atoms with Gasteiger partial charge in [-0.2, -0.15) is 0 Å². The standard InChI is InChI=1S/C64H47BN4/c1-63(2,3)36-27-30-38(31-28-36)68-53-32-29-37(64(4,5)6)33-49(53)65-50-34-48-43-21-8-7-17-39(43)40-18-9-12-22-44(40)55(48)56-47-25-15-16-26-52(47)69(61(50)56)54-35-51-60(62(68)57(54)65)67-59-46-24-14-11-20-42(46)41-19-10-13-23-45(41)58(59)66-51/h7-35H,1-6H3. The van der Waals surface area contributed by atoms with Crippen LogP contribution < -0.4 is 21.3 Å². The van der Waals surface area contributed by atoms with Crippen molar-refractivity contribution in [2.45, 2.75) is 52.4 Å². The van der Waals surface area contributed by atoms with Gasteiger partial charge in [0.2, 0.25) is 0 Å². The molecule has 0 aliphatic carbocycles. The molecular formula is C64H47BN4. The van der Waals surface area contributed by atoms with Crippen LogP contribution in [0.2, 0.25) is 0 Å². The molecule has 2 aromatic heterocycles. The van der Waals surface area contributed by atoms with Crippen molar-refractivity contribution in [3.63, 3.8) is 0 Å². The number of hydrogen-bond donors (Lipinski definition) is 0. The van der Waals surface area contributed by atoms with E-state index in [1.54, 1.807) is 0 Å². The molecule has 0 saturated carbocycles. The fraction of sp³-hybridized carbons (Fsp3) is 0.125. The van der Waals surface area contributed by atoms with E-state index in [-0.39, 0.29) is 17.5 Å². The first-order valence-electron chi connectivity index (χ1n) is 24.5. The average molecular weight is 883 g/mol. The summed E-state index contributed by atoms with van der Waals surface area (Å²) >= 11 is 0. The third-order valence-corrected chi connectivity index (χ3v) is 15.8. The molecule has 0 radical (unpaired) electrons. The maximum atomic E-state index is 5.93. The highest BCUT2D eigenvalue weighted by Gasteiger charge is 2.45. The quantitative estimate of drug-likeness (QED) is 0.0936. The van der Waals surface area contributed by atoms with Crippen LogP contribution in [-0.2, 0) is 10.8 Å². The summed E-state index contributed by atoms with van der Waals surface area (Å²) in [4.78, 5) is 14.3. The molecule has 2 aliphatic rings. The highest BCUT2D eigenvalue weighted by Crippen LogP contribution is 2.49. The monoisotopic (exact) mass is 882 g/mol. The van der Waals surface area contributed by atoms with E-state index in [2.05, 4.69) is 227 Å². The van der Waals surface area contributed by atoms with Gasteiger partial charge in [-0.3, -0.25) is 0 Å². The fourth-order valence-electron chi connectivity index (χ4n) is 12.6. The number of anilines is 3. The molecule has 5 heteroatoms. The van der Waals surface area contributed by atoms with Crippen molar-refractivity contribution in [2.75, 3.05) is 4.90 Å². The smallest absolute Gasteiger partial charge is 0.252 e. The van der Waals surface area contributed by atoms with E-state index in [1.807, 2.05) is 0 Å². The molecule has 0 unspecified atom stereocenters. The SMILES string of the molecule is CC(C)(C)c1ccc(N2c3ccc(C(C)(C)C)cc3B3c4c(cc5nc6c7ccccc7c7ccccc7c6nc5c42)-n2c4ccccc4c4c5c6ccccc6c6ccccc6c5cc3c42)cc1. The van der Waals surface area contributed by atoms with Gasteiger partial charge in [0, 0.05) is 44.0 Å². The van der Waals surface area contributed by atoms with E-state index >= 15 is 0 Å². The summed E-state index contributed by atoms with van der Waals surface area (Å²) in [6, 6.07) is 66.2. The lowest BCUT2D eigenvalue weighted by atomic mass is 9.33. The lowest BCUT2D eigenvalue weighted by molar-refractivity contribution is 0.590. The van der Waals surface area contributed by atoms with Crippen LogP contribution in [0.3, 0.4) is 0 Å². The summed E-state index contributed by atoms with van der Waals surface area (Å²) in [5, 5.41) is 14.9. The fourth-order valence-corrected chi connectivity index (χ4v) is 12.6. The highest BCUT2D eigenvalue weighted by atomic mass is 15.2. The van der Waals surface area contributed by atoms with Gasteiger partial charge in [-0.15, -0.1) is 0 Å². The van der Waals surface area contributed by atoms with Gasteiger partial charge in [0.25, 0.3) is 6.71 Å². The van der Waals surface area contributed by atoms with Gasteiger partial charge >= 0.3 is 0 Å². The lowest BCUT2D eigenvalue weighted by Crippen LogP contribution is -2.60. The Balaban J connectivity index is 1.19. The molecule has 0 saturated heterocycles. The van der Waals surface area contributed by atoms with Crippen LogP contribution in [0.4, 0.5) is 17.1 Å². The van der Waals surface area contributed by atoms with E-state index in [9.17, 15) is 0 Å². The molecule has 326 valence electrons. The number of fused-ring (bicyclic) bond motifs is 22. The number of para-hydroxylation sites is 1. The third kappa shape index (κ3) is 5.15. The number of nitrogens with zero attached hydrogens (tertiary/aromatic N) is 4. The van der Waals surface area contributed by atoms with Gasteiger partial charge < -0.3 is 9.47 Å². The Morgan fingerprint density at radius 2 is 0.928 bits per heavy atom. The summed E-state index contributed by atoms with van der Waals surface area (Å²) in [6.45, 7) is 13.8. The lowest BCUT2D eigenvalue weighted by Gasteiger charge is -2.41. The Hall–Kier alpha value is -8.02. The van der Waals surface area contributed by atoms with Crippen LogP contribution in [0.25, 0.3) is 103 Å². The molecule has 2 aliphatic heterocycles. The minimum Gasteiger partial charge on any atom is -0.310 e. The molecule has 0 N–H and O–H groups in total. The normalized spacial score (nSPS) is 13.6. The van der Waals surface area contributed by atoms with Crippen molar-refractivity contribution in [1.82, 2.24) is 14.5 Å². The minimum absolute atomic E-state index is 0.000698. The maximum Gasteiger partial charge on any atom is 0.252 e. The molecule has 0 spiro atoms. The van der Waals surface area contributed by atoms with E-state index in [4.69, 9.17) is 9.97 Å². The second-order valence-corrected chi connectivity index (χ2v) is 21.7. The molecule has 0 fully saturated rings. The van der Waals surface area contributed by atoms with Gasteiger partial charge in [-0.05, 0) is 106 Å². The number of aromatic nitrogens is 3. The first-order valence-corrected chi connectivity index (χ1v) is 24.5. The Labute approximate surface area is 400 Å². The number of rotatable bonds is 1. The van der Waals surface area contributed by atoms with Crippen molar-refractivity contribution in [3.05, 3.63) is 187 Å². The van der Waals surface area contributed by atoms with E-state index in [0.29, 0.717) is 0 Å². The van der Waals surface area contributed by atoms with Crippen molar-refractivity contribution >= 4 is 138 Å². The molecule has 0 atom stereocenters. The number of hydrogen-bond acceptors (Lipinski definition) is 3. The topological polar surface area (TPSA) is 34.0 Å². The summed E-state index contributed by atoms with van der Waals surface area (Å²) in [7, 11) is 0. The van der Waals surface area contributed by atoms with E-state index in [0.717, 1.165) is 49.9 Å². The predicted molar refractivity (Wildman–Crippen MR) is 296 cm³/mol. The molecule has 4 nitrogen and oxygen atoms in total. The Morgan fingerprint density at radius 1 is 0.406 bits per heavy atom. The first kappa shape index (κ1) is 39.0. The van der Waals surface area contributed by atoms with Crippen LogP contribution in [0.1, 0.15) is 52.7 Å². The van der Waals surface area contributed by atoms with E-state index in [1.165, 1.54) is 98.1 Å². The molecule has 13 aromatic rings. The van der Waals surface area contributed by atoms with Crippen molar-refractivity contribution in [1.29, 1.82) is 0 Å². The highest BCUT2D eigenvalue weighted by molar-refractivity contribution is 7.00. The van der Waals surface area contributed by atoms with Gasteiger partial charge in [-0.1, -0.05) is 187 Å². The van der Waals surface area contributed by atoms with E-state index < -0.39 is 0 Å². The van der Waals surface area contributed by atoms with Crippen LogP contribution in [0, 0.1) is 0 Å². The molecule has 11 aromatic carbocycles. The second kappa shape index (κ2) is 13.4. The second-order valence-electron chi connectivity index (χ2n) is 21.7. The molecule has 0 bridgehead atoms. The molecular weight excluding hydrogens is 836 g/mol. The molecule has 15 rings (SSSR count). The molecule has 69 heavy (non-hydrogen) atoms. The maximum absolute atomic E-state index is 5.93. The predicted octanol–water partition coefficient (Wildman–Crippen LogP) is 14.9. The average Bonchev–Trinajstić information content (AvgIpc) is 3.72. The summed E-state index contributed by atoms with van der Waals surface area (Å²) in [5.41, 5.74) is 17.1. The molecule has 4 heterocycles. The summed E-state index contributed by atoms with van der Waals surface area (Å²) in [6.07, 6.45) is 0. The largest absolute Gasteiger partial charge is 0.310 e.